The standard InChI is InChI=1S/C30H34N2O4/c1-3-35-27-20-22(16-17-25(27)30(34)36-4-2)21-28(33)31-29(23-12-6-5-7-13-23)24-14-8-9-15-26(24)32-18-10-11-19-32/h5-9,12-17,20,29H,3-4,10-11,18-19,21H2,1-2H3,(H,31,33). The molecule has 0 spiro atoms. The van der Waals surface area contributed by atoms with Gasteiger partial charge in [0.1, 0.15) is 11.3 Å². The number of para-hydroxylation sites is 1. The quantitative estimate of drug-likeness (QED) is 0.394. The maximum atomic E-state index is 13.3. The fourth-order valence-corrected chi connectivity index (χ4v) is 4.69. The average molecular weight is 487 g/mol. The number of anilines is 1. The lowest BCUT2D eigenvalue weighted by Gasteiger charge is -2.27. The number of ether oxygens (including phenoxy) is 2. The lowest BCUT2D eigenvalue weighted by Crippen LogP contribution is -2.32. The molecule has 1 amide bonds. The van der Waals surface area contributed by atoms with E-state index in [1.165, 1.54) is 18.5 Å². The zero-order valence-electron chi connectivity index (χ0n) is 21.0. The molecule has 1 aliphatic heterocycles. The monoisotopic (exact) mass is 486 g/mol. The van der Waals surface area contributed by atoms with Gasteiger partial charge in [0.25, 0.3) is 0 Å². The number of nitrogens with zero attached hydrogens (tertiary/aromatic N) is 1. The third kappa shape index (κ3) is 6.06. The van der Waals surface area contributed by atoms with Gasteiger partial charge in [-0.1, -0.05) is 54.6 Å². The van der Waals surface area contributed by atoms with Crippen LogP contribution in [0.1, 0.15) is 59.8 Å². The second-order valence-corrected chi connectivity index (χ2v) is 8.82. The Bertz CT molecular complexity index is 1170. The molecule has 0 aromatic heterocycles. The number of rotatable bonds is 10. The molecular formula is C30H34N2O4. The predicted octanol–water partition coefficient (Wildman–Crippen LogP) is 5.31. The van der Waals surface area contributed by atoms with E-state index in [9.17, 15) is 9.59 Å². The highest BCUT2D eigenvalue weighted by Gasteiger charge is 2.24. The van der Waals surface area contributed by atoms with Gasteiger partial charge in [-0.25, -0.2) is 4.79 Å². The minimum absolute atomic E-state index is 0.105. The van der Waals surface area contributed by atoms with Crippen molar-refractivity contribution in [1.82, 2.24) is 5.32 Å². The molecule has 0 aliphatic carbocycles. The van der Waals surface area contributed by atoms with Crippen LogP contribution in [0.25, 0.3) is 0 Å². The van der Waals surface area contributed by atoms with Crippen LogP contribution in [0.3, 0.4) is 0 Å². The van der Waals surface area contributed by atoms with Gasteiger partial charge in [0, 0.05) is 24.3 Å². The number of benzene rings is 3. The van der Waals surface area contributed by atoms with Crippen LogP contribution in [0.15, 0.2) is 72.8 Å². The molecule has 6 nitrogen and oxygen atoms in total. The molecular weight excluding hydrogens is 452 g/mol. The minimum atomic E-state index is -0.431. The molecule has 1 fully saturated rings. The lowest BCUT2D eigenvalue weighted by molar-refractivity contribution is -0.120. The molecule has 0 radical (unpaired) electrons. The van der Waals surface area contributed by atoms with Crippen molar-refractivity contribution in [3.05, 3.63) is 95.1 Å². The number of esters is 1. The molecule has 36 heavy (non-hydrogen) atoms. The summed E-state index contributed by atoms with van der Waals surface area (Å²) in [6.07, 6.45) is 2.53. The Morgan fingerprint density at radius 1 is 0.917 bits per heavy atom. The Hall–Kier alpha value is -3.80. The van der Waals surface area contributed by atoms with Crippen LogP contribution in [-0.2, 0) is 16.0 Å². The number of hydrogen-bond acceptors (Lipinski definition) is 5. The first-order chi connectivity index (χ1) is 17.6. The minimum Gasteiger partial charge on any atom is -0.493 e. The normalized spacial score (nSPS) is 13.8. The molecule has 3 aromatic carbocycles. The summed E-state index contributed by atoms with van der Waals surface area (Å²) in [6.45, 7) is 6.37. The first-order valence-electron chi connectivity index (χ1n) is 12.7. The molecule has 188 valence electrons. The number of nitrogens with one attached hydrogen (secondary N) is 1. The Morgan fingerprint density at radius 2 is 1.64 bits per heavy atom. The van der Waals surface area contributed by atoms with E-state index in [1.807, 2.05) is 43.3 Å². The van der Waals surface area contributed by atoms with Gasteiger partial charge in [0.05, 0.1) is 25.7 Å². The van der Waals surface area contributed by atoms with E-state index in [1.54, 1.807) is 25.1 Å². The Balaban J connectivity index is 1.59. The first-order valence-corrected chi connectivity index (χ1v) is 12.7. The fraction of sp³-hybridized carbons (Fsp3) is 0.333. The molecule has 1 aliphatic rings. The van der Waals surface area contributed by atoms with Gasteiger partial charge in [-0.2, -0.15) is 0 Å². The Kier molecular flexibility index (Phi) is 8.61. The summed E-state index contributed by atoms with van der Waals surface area (Å²) >= 11 is 0. The van der Waals surface area contributed by atoms with Crippen molar-refractivity contribution in [3.63, 3.8) is 0 Å². The summed E-state index contributed by atoms with van der Waals surface area (Å²) < 4.78 is 10.8. The van der Waals surface area contributed by atoms with Crippen LogP contribution in [-0.4, -0.2) is 38.2 Å². The molecule has 0 bridgehead atoms. The van der Waals surface area contributed by atoms with E-state index < -0.39 is 5.97 Å². The highest BCUT2D eigenvalue weighted by Crippen LogP contribution is 2.33. The maximum absolute atomic E-state index is 13.3. The third-order valence-electron chi connectivity index (χ3n) is 6.34. The summed E-state index contributed by atoms with van der Waals surface area (Å²) in [6, 6.07) is 23.3. The van der Waals surface area contributed by atoms with E-state index in [0.29, 0.717) is 17.9 Å². The van der Waals surface area contributed by atoms with E-state index in [4.69, 9.17) is 9.47 Å². The highest BCUT2D eigenvalue weighted by molar-refractivity contribution is 5.93. The van der Waals surface area contributed by atoms with Gasteiger partial charge in [-0.3, -0.25) is 4.79 Å². The smallest absolute Gasteiger partial charge is 0.341 e. The van der Waals surface area contributed by atoms with Crippen molar-refractivity contribution < 1.29 is 19.1 Å². The van der Waals surface area contributed by atoms with Gasteiger partial charge < -0.3 is 19.7 Å². The van der Waals surface area contributed by atoms with Gasteiger partial charge in [0.15, 0.2) is 0 Å². The molecule has 4 rings (SSSR count). The lowest BCUT2D eigenvalue weighted by atomic mass is 9.96. The zero-order chi connectivity index (χ0) is 25.3. The largest absolute Gasteiger partial charge is 0.493 e. The summed E-state index contributed by atoms with van der Waals surface area (Å²) in [5.74, 6) is -0.105. The van der Waals surface area contributed by atoms with Crippen molar-refractivity contribution in [2.24, 2.45) is 0 Å². The van der Waals surface area contributed by atoms with E-state index >= 15 is 0 Å². The van der Waals surface area contributed by atoms with E-state index in [2.05, 4.69) is 28.4 Å². The van der Waals surface area contributed by atoms with E-state index in [0.717, 1.165) is 29.8 Å². The molecule has 1 heterocycles. The third-order valence-corrected chi connectivity index (χ3v) is 6.34. The fourth-order valence-electron chi connectivity index (χ4n) is 4.69. The van der Waals surface area contributed by atoms with Crippen molar-refractivity contribution >= 4 is 17.6 Å². The Morgan fingerprint density at radius 3 is 2.36 bits per heavy atom. The van der Waals surface area contributed by atoms with Crippen LogP contribution >= 0.6 is 0 Å². The van der Waals surface area contributed by atoms with Crippen LogP contribution in [0.2, 0.25) is 0 Å². The van der Waals surface area contributed by atoms with Crippen LogP contribution in [0.5, 0.6) is 5.75 Å². The van der Waals surface area contributed by atoms with Crippen molar-refractivity contribution in [3.8, 4) is 5.75 Å². The molecule has 1 atom stereocenters. The highest BCUT2D eigenvalue weighted by atomic mass is 16.5. The van der Waals surface area contributed by atoms with Gasteiger partial charge in [0.2, 0.25) is 5.91 Å². The number of carbonyl (C=O) groups is 2. The molecule has 1 N–H and O–H groups in total. The van der Waals surface area contributed by atoms with Gasteiger partial charge in [-0.15, -0.1) is 0 Å². The molecule has 3 aromatic rings. The van der Waals surface area contributed by atoms with Gasteiger partial charge >= 0.3 is 5.97 Å². The molecule has 0 saturated carbocycles. The second kappa shape index (κ2) is 12.2. The maximum Gasteiger partial charge on any atom is 0.341 e. The molecule has 6 heteroatoms. The summed E-state index contributed by atoms with van der Waals surface area (Å²) in [5, 5.41) is 3.27. The van der Waals surface area contributed by atoms with Crippen molar-refractivity contribution in [1.29, 1.82) is 0 Å². The topological polar surface area (TPSA) is 67.9 Å². The Labute approximate surface area is 213 Å². The second-order valence-electron chi connectivity index (χ2n) is 8.82. The van der Waals surface area contributed by atoms with Crippen LogP contribution < -0.4 is 15.0 Å². The summed E-state index contributed by atoms with van der Waals surface area (Å²) in [7, 11) is 0. The van der Waals surface area contributed by atoms with Crippen molar-refractivity contribution in [2.75, 3.05) is 31.2 Å². The number of amides is 1. The van der Waals surface area contributed by atoms with E-state index in [-0.39, 0.29) is 25.0 Å². The number of hydrogen-bond donors (Lipinski definition) is 1. The van der Waals surface area contributed by atoms with Gasteiger partial charge in [-0.05, 0) is 56.0 Å². The average Bonchev–Trinajstić information content (AvgIpc) is 3.43. The first kappa shape index (κ1) is 25.3. The number of carbonyl (C=O) groups excluding carboxylic acids is 2. The molecule has 1 unspecified atom stereocenters. The zero-order valence-corrected chi connectivity index (χ0v) is 21.0. The summed E-state index contributed by atoms with van der Waals surface area (Å²) in [5.41, 5.74) is 4.42. The SMILES string of the molecule is CCOC(=O)c1ccc(CC(=O)NC(c2ccccc2)c2ccccc2N2CCCC2)cc1OCC. The van der Waals surface area contributed by atoms with Crippen LogP contribution in [0.4, 0.5) is 5.69 Å². The van der Waals surface area contributed by atoms with Crippen LogP contribution in [0, 0.1) is 0 Å². The molecule has 1 saturated heterocycles. The summed E-state index contributed by atoms with van der Waals surface area (Å²) in [4.78, 5) is 28.0. The van der Waals surface area contributed by atoms with Crippen molar-refractivity contribution in [2.45, 2.75) is 39.2 Å². The predicted molar refractivity (Wildman–Crippen MR) is 142 cm³/mol.